The van der Waals surface area contributed by atoms with Crippen molar-refractivity contribution >= 4 is 0 Å². The molecule has 1 unspecified atom stereocenters. The number of nitrogens with one attached hydrogen (secondary N) is 1. The maximum absolute atomic E-state index is 10.0. The molecule has 0 bridgehead atoms. The van der Waals surface area contributed by atoms with E-state index in [1.165, 1.54) is 5.56 Å². The monoisotopic (exact) mass is 313 g/mol. The van der Waals surface area contributed by atoms with Crippen molar-refractivity contribution in [1.29, 1.82) is 0 Å². The predicted octanol–water partition coefficient (Wildman–Crippen LogP) is 3.35. The highest BCUT2D eigenvalue weighted by Gasteiger charge is 2.05. The third-order valence-corrected chi connectivity index (χ3v) is 3.79. The normalized spacial score (nSPS) is 12.2. The lowest BCUT2D eigenvalue weighted by Crippen LogP contribution is -2.22. The first kappa shape index (κ1) is 17.7. The molecular formula is C20H27NO2. The summed E-state index contributed by atoms with van der Waals surface area (Å²) in [4.78, 5) is 0. The van der Waals surface area contributed by atoms with Crippen LogP contribution in [0.5, 0.6) is 0 Å². The van der Waals surface area contributed by atoms with E-state index in [1.807, 2.05) is 36.4 Å². The van der Waals surface area contributed by atoms with Crippen LogP contribution in [0.2, 0.25) is 0 Å². The van der Waals surface area contributed by atoms with E-state index in [2.05, 4.69) is 29.6 Å². The molecule has 0 aliphatic carbocycles. The van der Waals surface area contributed by atoms with Crippen LogP contribution in [0.15, 0.2) is 60.7 Å². The van der Waals surface area contributed by atoms with Crippen LogP contribution >= 0.6 is 0 Å². The van der Waals surface area contributed by atoms with E-state index >= 15 is 0 Å². The molecule has 0 heterocycles. The topological polar surface area (TPSA) is 41.5 Å². The van der Waals surface area contributed by atoms with Gasteiger partial charge in [0.05, 0.1) is 12.7 Å². The quantitative estimate of drug-likeness (QED) is 0.625. The lowest BCUT2D eigenvalue weighted by molar-refractivity contribution is 0.132. The highest BCUT2D eigenvalue weighted by Crippen LogP contribution is 2.10. The standard InChI is InChI=1S/C20H27NO2/c22-20(19-11-5-2-6-12-19)17-21-14-7-8-15-23-16-13-18-9-3-1-4-10-18/h1-6,9-12,20-22H,7-8,13-17H2. The van der Waals surface area contributed by atoms with Crippen molar-refractivity contribution < 1.29 is 9.84 Å². The SMILES string of the molecule is OC(CNCCCCOCCc1ccccc1)c1ccccc1. The van der Waals surface area contributed by atoms with Gasteiger partial charge in [0.1, 0.15) is 0 Å². The summed E-state index contributed by atoms with van der Waals surface area (Å²) in [7, 11) is 0. The van der Waals surface area contributed by atoms with Crippen LogP contribution in [0.4, 0.5) is 0 Å². The molecule has 0 radical (unpaired) electrons. The first-order chi connectivity index (χ1) is 11.4. The number of ether oxygens (including phenoxy) is 1. The molecule has 0 saturated carbocycles. The van der Waals surface area contributed by atoms with Crippen molar-refractivity contribution in [2.45, 2.75) is 25.4 Å². The first-order valence-corrected chi connectivity index (χ1v) is 8.41. The molecular weight excluding hydrogens is 286 g/mol. The summed E-state index contributed by atoms with van der Waals surface area (Å²) in [6.07, 6.45) is 2.65. The molecule has 2 N–H and O–H groups in total. The Morgan fingerprint density at radius 1 is 0.870 bits per heavy atom. The molecule has 2 aromatic carbocycles. The second-order valence-corrected chi connectivity index (χ2v) is 5.69. The Balaban J connectivity index is 1.42. The average Bonchev–Trinajstić information content (AvgIpc) is 2.61. The van der Waals surface area contributed by atoms with Gasteiger partial charge in [-0.3, -0.25) is 0 Å². The van der Waals surface area contributed by atoms with E-state index in [-0.39, 0.29) is 0 Å². The third-order valence-electron chi connectivity index (χ3n) is 3.79. The van der Waals surface area contributed by atoms with Crippen LogP contribution in [-0.4, -0.2) is 31.4 Å². The fourth-order valence-electron chi connectivity index (χ4n) is 2.42. The molecule has 124 valence electrons. The van der Waals surface area contributed by atoms with Gasteiger partial charge in [-0.25, -0.2) is 0 Å². The van der Waals surface area contributed by atoms with Crippen LogP contribution < -0.4 is 5.32 Å². The van der Waals surface area contributed by atoms with Gasteiger partial charge in [0, 0.05) is 13.2 Å². The van der Waals surface area contributed by atoms with Gasteiger partial charge in [0.2, 0.25) is 0 Å². The molecule has 0 amide bonds. The summed E-state index contributed by atoms with van der Waals surface area (Å²) >= 11 is 0. The predicted molar refractivity (Wildman–Crippen MR) is 94.5 cm³/mol. The number of rotatable bonds is 11. The molecule has 2 rings (SSSR count). The van der Waals surface area contributed by atoms with E-state index in [1.54, 1.807) is 0 Å². The molecule has 3 heteroatoms. The van der Waals surface area contributed by atoms with E-state index < -0.39 is 6.10 Å². The zero-order valence-corrected chi connectivity index (χ0v) is 13.7. The maximum Gasteiger partial charge on any atom is 0.0914 e. The zero-order valence-electron chi connectivity index (χ0n) is 13.7. The lowest BCUT2D eigenvalue weighted by Gasteiger charge is -2.12. The van der Waals surface area contributed by atoms with Gasteiger partial charge in [-0.05, 0) is 36.9 Å². The zero-order chi connectivity index (χ0) is 16.2. The number of benzene rings is 2. The molecule has 2 aromatic rings. The molecule has 0 aliphatic heterocycles. The Hall–Kier alpha value is -1.68. The first-order valence-electron chi connectivity index (χ1n) is 8.41. The highest BCUT2D eigenvalue weighted by molar-refractivity contribution is 5.17. The van der Waals surface area contributed by atoms with Gasteiger partial charge in [-0.2, -0.15) is 0 Å². The molecule has 23 heavy (non-hydrogen) atoms. The number of hydrogen-bond acceptors (Lipinski definition) is 3. The Bertz CT molecular complexity index is 516. The third kappa shape index (κ3) is 7.42. The Morgan fingerprint density at radius 2 is 1.57 bits per heavy atom. The van der Waals surface area contributed by atoms with E-state index in [0.717, 1.165) is 44.6 Å². The summed E-state index contributed by atoms with van der Waals surface area (Å²) in [6.45, 7) is 3.09. The Labute approximate surface area is 139 Å². The molecule has 3 nitrogen and oxygen atoms in total. The van der Waals surface area contributed by atoms with E-state index in [9.17, 15) is 5.11 Å². The minimum atomic E-state index is -0.432. The van der Waals surface area contributed by atoms with Gasteiger partial charge in [0.25, 0.3) is 0 Å². The largest absolute Gasteiger partial charge is 0.387 e. The molecule has 0 spiro atoms. The molecule has 0 aromatic heterocycles. The van der Waals surface area contributed by atoms with Crippen molar-refractivity contribution in [3.05, 3.63) is 71.8 Å². The second-order valence-electron chi connectivity index (χ2n) is 5.69. The summed E-state index contributed by atoms with van der Waals surface area (Å²) in [5.41, 5.74) is 2.29. The van der Waals surface area contributed by atoms with Gasteiger partial charge in [-0.15, -0.1) is 0 Å². The van der Waals surface area contributed by atoms with Gasteiger partial charge >= 0.3 is 0 Å². The van der Waals surface area contributed by atoms with Crippen molar-refractivity contribution in [1.82, 2.24) is 5.32 Å². The van der Waals surface area contributed by atoms with Gasteiger partial charge in [-0.1, -0.05) is 60.7 Å². The van der Waals surface area contributed by atoms with E-state index in [0.29, 0.717) is 6.54 Å². The van der Waals surface area contributed by atoms with Crippen LogP contribution in [-0.2, 0) is 11.2 Å². The molecule has 0 fully saturated rings. The summed E-state index contributed by atoms with van der Waals surface area (Å²) < 4.78 is 5.66. The summed E-state index contributed by atoms with van der Waals surface area (Å²) in [6, 6.07) is 20.2. The second kappa shape index (κ2) is 10.9. The number of hydrogen-bond donors (Lipinski definition) is 2. The molecule has 1 atom stereocenters. The fourth-order valence-corrected chi connectivity index (χ4v) is 2.42. The minimum absolute atomic E-state index is 0.432. The van der Waals surface area contributed by atoms with Crippen molar-refractivity contribution in [3.8, 4) is 0 Å². The van der Waals surface area contributed by atoms with Crippen LogP contribution in [0, 0.1) is 0 Å². The maximum atomic E-state index is 10.0. The Kier molecular flexibility index (Phi) is 8.41. The van der Waals surface area contributed by atoms with Gasteiger partial charge < -0.3 is 15.2 Å². The highest BCUT2D eigenvalue weighted by atomic mass is 16.5. The minimum Gasteiger partial charge on any atom is -0.387 e. The van der Waals surface area contributed by atoms with Crippen LogP contribution in [0.25, 0.3) is 0 Å². The van der Waals surface area contributed by atoms with Gasteiger partial charge in [0.15, 0.2) is 0 Å². The fraction of sp³-hybridized carbons (Fsp3) is 0.400. The van der Waals surface area contributed by atoms with Crippen LogP contribution in [0.1, 0.15) is 30.1 Å². The smallest absolute Gasteiger partial charge is 0.0914 e. The van der Waals surface area contributed by atoms with Crippen molar-refractivity contribution in [2.75, 3.05) is 26.3 Å². The van der Waals surface area contributed by atoms with Crippen molar-refractivity contribution in [2.24, 2.45) is 0 Å². The summed E-state index contributed by atoms with van der Waals surface area (Å²) in [5.74, 6) is 0. The van der Waals surface area contributed by atoms with E-state index in [4.69, 9.17) is 4.74 Å². The number of aliphatic hydroxyl groups is 1. The molecule has 0 saturated heterocycles. The molecule has 0 aliphatic rings. The van der Waals surface area contributed by atoms with Crippen LogP contribution in [0.3, 0.4) is 0 Å². The lowest BCUT2D eigenvalue weighted by atomic mass is 10.1. The number of aliphatic hydroxyl groups excluding tert-OH is 1. The van der Waals surface area contributed by atoms with Crippen molar-refractivity contribution in [3.63, 3.8) is 0 Å². The number of unbranched alkanes of at least 4 members (excludes halogenated alkanes) is 1. The summed E-state index contributed by atoms with van der Waals surface area (Å²) in [5, 5.41) is 13.3. The Morgan fingerprint density at radius 3 is 2.30 bits per heavy atom. The average molecular weight is 313 g/mol.